The average molecular weight is 164 g/mol. The van der Waals surface area contributed by atoms with E-state index in [1.54, 1.807) is 0 Å². The van der Waals surface area contributed by atoms with Crippen LogP contribution >= 0.6 is 0 Å². The zero-order valence-electron chi connectivity index (χ0n) is 6.83. The Bertz CT molecular complexity index is 482. The van der Waals surface area contributed by atoms with Crippen molar-refractivity contribution in [1.29, 1.82) is 0 Å². The van der Waals surface area contributed by atoms with Crippen molar-refractivity contribution in [2.24, 2.45) is 0 Å². The smallest absolute Gasteiger partial charge is 0.246 e. The van der Waals surface area contributed by atoms with E-state index < -0.39 is 0 Å². The standard InChI is InChI=1S/C7H8N4O/c1-4-3-5(2)11-6(8-4)9-10-7(11)12/h3H,1-2H3,(H,10,12). The molecule has 2 heterocycles. The Morgan fingerprint density at radius 3 is 3.00 bits per heavy atom. The molecule has 0 bridgehead atoms. The number of hydrogen-bond donors (Lipinski definition) is 1. The summed E-state index contributed by atoms with van der Waals surface area (Å²) in [6.07, 6.45) is 0. The summed E-state index contributed by atoms with van der Waals surface area (Å²) >= 11 is 0. The van der Waals surface area contributed by atoms with Crippen molar-refractivity contribution in [2.75, 3.05) is 0 Å². The molecule has 1 N–H and O–H groups in total. The van der Waals surface area contributed by atoms with Gasteiger partial charge in [-0.25, -0.2) is 19.3 Å². The van der Waals surface area contributed by atoms with Crippen LogP contribution in [0.15, 0.2) is 10.9 Å². The van der Waals surface area contributed by atoms with Crippen LogP contribution in [-0.4, -0.2) is 19.6 Å². The van der Waals surface area contributed by atoms with Gasteiger partial charge in [0.15, 0.2) is 0 Å². The second kappa shape index (κ2) is 2.17. The van der Waals surface area contributed by atoms with Gasteiger partial charge in [-0.3, -0.25) is 0 Å². The van der Waals surface area contributed by atoms with Crippen molar-refractivity contribution in [1.82, 2.24) is 19.6 Å². The van der Waals surface area contributed by atoms with Crippen LogP contribution in [0, 0.1) is 13.8 Å². The zero-order chi connectivity index (χ0) is 8.72. The minimum absolute atomic E-state index is 0.241. The van der Waals surface area contributed by atoms with E-state index in [1.165, 1.54) is 4.40 Å². The first-order valence-corrected chi connectivity index (χ1v) is 3.60. The van der Waals surface area contributed by atoms with Gasteiger partial charge in [-0.05, 0) is 19.9 Å². The molecule has 0 aliphatic carbocycles. The summed E-state index contributed by atoms with van der Waals surface area (Å²) in [7, 11) is 0. The maximum absolute atomic E-state index is 11.1. The lowest BCUT2D eigenvalue weighted by atomic mass is 10.3. The molecule has 0 aromatic carbocycles. The van der Waals surface area contributed by atoms with E-state index in [9.17, 15) is 4.79 Å². The number of nitrogens with one attached hydrogen (secondary N) is 1. The number of aryl methyl sites for hydroxylation is 2. The lowest BCUT2D eigenvalue weighted by Crippen LogP contribution is -2.12. The summed E-state index contributed by atoms with van der Waals surface area (Å²) < 4.78 is 1.44. The third-order valence-electron chi connectivity index (χ3n) is 1.70. The van der Waals surface area contributed by atoms with E-state index in [0.717, 1.165) is 11.4 Å². The number of fused-ring (bicyclic) bond motifs is 1. The van der Waals surface area contributed by atoms with E-state index in [2.05, 4.69) is 15.2 Å². The lowest BCUT2D eigenvalue weighted by Gasteiger charge is -1.96. The molecule has 0 atom stereocenters. The normalized spacial score (nSPS) is 10.8. The molecule has 2 rings (SSSR count). The third-order valence-corrected chi connectivity index (χ3v) is 1.70. The molecular formula is C7H8N4O. The Labute approximate surface area is 68.1 Å². The summed E-state index contributed by atoms with van der Waals surface area (Å²) in [5.41, 5.74) is 1.46. The fourth-order valence-electron chi connectivity index (χ4n) is 1.24. The molecule has 0 fully saturated rings. The predicted octanol–water partition coefficient (Wildman–Crippen LogP) is 0.0344. The second-order valence-corrected chi connectivity index (χ2v) is 2.70. The molecule has 5 heteroatoms. The summed E-state index contributed by atoms with van der Waals surface area (Å²) in [5, 5.41) is 6.09. The minimum atomic E-state index is -0.241. The van der Waals surface area contributed by atoms with Gasteiger partial charge < -0.3 is 0 Å². The zero-order valence-corrected chi connectivity index (χ0v) is 6.83. The Balaban J connectivity index is 3.03. The topological polar surface area (TPSA) is 63.0 Å². The highest BCUT2D eigenvalue weighted by atomic mass is 16.1. The van der Waals surface area contributed by atoms with Crippen molar-refractivity contribution in [2.45, 2.75) is 13.8 Å². The molecule has 0 aliphatic rings. The molecular weight excluding hydrogens is 156 g/mol. The van der Waals surface area contributed by atoms with Gasteiger partial charge in [0.25, 0.3) is 5.78 Å². The van der Waals surface area contributed by atoms with Gasteiger partial charge in [0.1, 0.15) is 0 Å². The summed E-state index contributed by atoms with van der Waals surface area (Å²) in [4.78, 5) is 15.2. The predicted molar refractivity (Wildman–Crippen MR) is 43.1 cm³/mol. The van der Waals surface area contributed by atoms with Crippen LogP contribution in [-0.2, 0) is 0 Å². The van der Waals surface area contributed by atoms with Gasteiger partial charge in [-0.2, -0.15) is 0 Å². The molecule has 2 aromatic heterocycles. The number of rotatable bonds is 0. The first-order chi connectivity index (χ1) is 5.68. The number of nitrogens with zero attached hydrogens (tertiary/aromatic N) is 3. The van der Waals surface area contributed by atoms with Gasteiger partial charge >= 0.3 is 5.69 Å². The van der Waals surface area contributed by atoms with E-state index in [4.69, 9.17) is 0 Å². The van der Waals surface area contributed by atoms with Gasteiger partial charge in [0.2, 0.25) is 0 Å². The van der Waals surface area contributed by atoms with Crippen molar-refractivity contribution in [3.63, 3.8) is 0 Å². The molecule has 2 aromatic rings. The number of aromatic nitrogens is 4. The largest absolute Gasteiger partial charge is 0.349 e. The highest BCUT2D eigenvalue weighted by Crippen LogP contribution is 2.00. The number of hydrogen-bond acceptors (Lipinski definition) is 3. The van der Waals surface area contributed by atoms with Crippen LogP contribution in [0.2, 0.25) is 0 Å². The highest BCUT2D eigenvalue weighted by molar-refractivity contribution is 5.29. The Morgan fingerprint density at radius 2 is 2.25 bits per heavy atom. The first-order valence-electron chi connectivity index (χ1n) is 3.60. The van der Waals surface area contributed by atoms with Crippen LogP contribution in [0.1, 0.15) is 11.4 Å². The van der Waals surface area contributed by atoms with Gasteiger partial charge in [-0.1, -0.05) is 0 Å². The van der Waals surface area contributed by atoms with Crippen molar-refractivity contribution < 1.29 is 0 Å². The van der Waals surface area contributed by atoms with E-state index in [0.29, 0.717) is 5.78 Å². The highest BCUT2D eigenvalue weighted by Gasteiger charge is 2.03. The first kappa shape index (κ1) is 7.02. The molecule has 0 saturated carbocycles. The van der Waals surface area contributed by atoms with Crippen molar-refractivity contribution >= 4 is 5.78 Å². The van der Waals surface area contributed by atoms with Crippen LogP contribution in [0.25, 0.3) is 5.78 Å². The van der Waals surface area contributed by atoms with Gasteiger partial charge in [0.05, 0.1) is 0 Å². The summed E-state index contributed by atoms with van der Waals surface area (Å²) in [5.74, 6) is 0.428. The molecule has 5 nitrogen and oxygen atoms in total. The van der Waals surface area contributed by atoms with E-state index in [1.807, 2.05) is 19.9 Å². The lowest BCUT2D eigenvalue weighted by molar-refractivity contribution is 0.969. The van der Waals surface area contributed by atoms with Crippen LogP contribution in [0.3, 0.4) is 0 Å². The number of aromatic amines is 1. The van der Waals surface area contributed by atoms with Crippen molar-refractivity contribution in [3.05, 3.63) is 27.9 Å². The van der Waals surface area contributed by atoms with Gasteiger partial charge in [0, 0.05) is 11.4 Å². The van der Waals surface area contributed by atoms with Crippen molar-refractivity contribution in [3.8, 4) is 0 Å². The molecule has 0 unspecified atom stereocenters. The van der Waals surface area contributed by atoms with Crippen LogP contribution in [0.4, 0.5) is 0 Å². The second-order valence-electron chi connectivity index (χ2n) is 2.70. The molecule has 62 valence electrons. The minimum Gasteiger partial charge on any atom is -0.246 e. The van der Waals surface area contributed by atoms with E-state index in [-0.39, 0.29) is 5.69 Å². The summed E-state index contributed by atoms with van der Waals surface area (Å²) in [6.45, 7) is 3.71. The Hall–Kier alpha value is -1.65. The average Bonchev–Trinajstić information content (AvgIpc) is 2.31. The molecule has 0 spiro atoms. The summed E-state index contributed by atoms with van der Waals surface area (Å²) in [6, 6.07) is 1.84. The molecule has 0 aliphatic heterocycles. The van der Waals surface area contributed by atoms with E-state index >= 15 is 0 Å². The van der Waals surface area contributed by atoms with Crippen LogP contribution in [0.5, 0.6) is 0 Å². The third kappa shape index (κ3) is 0.827. The monoisotopic (exact) mass is 164 g/mol. The SMILES string of the molecule is Cc1cc(C)n2c(=O)[nH]nc2n1. The number of H-pyrrole nitrogens is 1. The fraction of sp³-hybridized carbons (Fsp3) is 0.286. The molecule has 0 amide bonds. The Morgan fingerprint density at radius 1 is 1.50 bits per heavy atom. The maximum atomic E-state index is 11.1. The Kier molecular flexibility index (Phi) is 1.27. The quantitative estimate of drug-likeness (QED) is 0.597. The van der Waals surface area contributed by atoms with Gasteiger partial charge in [-0.15, -0.1) is 5.10 Å². The fourth-order valence-corrected chi connectivity index (χ4v) is 1.24. The molecule has 0 radical (unpaired) electrons. The molecule has 12 heavy (non-hydrogen) atoms. The molecule has 0 saturated heterocycles. The van der Waals surface area contributed by atoms with Crippen LogP contribution < -0.4 is 5.69 Å². The maximum Gasteiger partial charge on any atom is 0.349 e.